The first-order chi connectivity index (χ1) is 8.19. The fourth-order valence-electron chi connectivity index (χ4n) is 2.31. The molecule has 0 amide bonds. The lowest BCUT2D eigenvalue weighted by molar-refractivity contribution is 0.0400. The smallest absolute Gasteiger partial charge is 0.119 e. The molecule has 0 radical (unpaired) electrons. The van der Waals surface area contributed by atoms with E-state index in [4.69, 9.17) is 4.74 Å². The highest BCUT2D eigenvalue weighted by Crippen LogP contribution is 2.28. The van der Waals surface area contributed by atoms with Crippen molar-refractivity contribution in [1.29, 1.82) is 0 Å². The van der Waals surface area contributed by atoms with Gasteiger partial charge in [0.2, 0.25) is 0 Å². The second-order valence-electron chi connectivity index (χ2n) is 5.23. The van der Waals surface area contributed by atoms with Crippen molar-refractivity contribution < 1.29 is 4.74 Å². The van der Waals surface area contributed by atoms with Crippen molar-refractivity contribution in [2.45, 2.75) is 44.8 Å². The third kappa shape index (κ3) is 3.22. The van der Waals surface area contributed by atoms with Crippen LogP contribution in [0.15, 0.2) is 24.3 Å². The molecule has 0 saturated heterocycles. The van der Waals surface area contributed by atoms with Crippen LogP contribution in [0.25, 0.3) is 0 Å². The van der Waals surface area contributed by atoms with Crippen molar-refractivity contribution in [2.75, 3.05) is 14.1 Å². The van der Waals surface area contributed by atoms with Crippen molar-refractivity contribution >= 4 is 0 Å². The van der Waals surface area contributed by atoms with E-state index in [2.05, 4.69) is 50.2 Å². The molecule has 1 aliphatic carbocycles. The third-order valence-electron chi connectivity index (χ3n) is 3.54. The summed E-state index contributed by atoms with van der Waals surface area (Å²) in [7, 11) is 4.28. The van der Waals surface area contributed by atoms with E-state index in [1.54, 1.807) is 0 Å². The second kappa shape index (κ2) is 5.54. The van der Waals surface area contributed by atoms with Gasteiger partial charge in [0.25, 0.3) is 0 Å². The molecule has 2 heteroatoms. The maximum atomic E-state index is 5.99. The van der Waals surface area contributed by atoms with Crippen LogP contribution < -0.4 is 4.74 Å². The van der Waals surface area contributed by atoms with Crippen LogP contribution in [-0.2, 0) is 6.42 Å². The quantitative estimate of drug-likeness (QED) is 0.775. The Labute approximate surface area is 105 Å². The molecule has 0 N–H and O–H groups in total. The zero-order chi connectivity index (χ0) is 12.3. The normalized spacial score (nSPS) is 23.5. The molecule has 1 aromatic rings. The first-order valence-corrected chi connectivity index (χ1v) is 6.61. The molecule has 1 fully saturated rings. The number of ether oxygens (including phenoxy) is 1. The Balaban J connectivity index is 1.85. The molecular formula is C15H23NO. The Hall–Kier alpha value is -1.02. The van der Waals surface area contributed by atoms with E-state index < -0.39 is 0 Å². The largest absolute Gasteiger partial charge is 0.490 e. The molecule has 1 aliphatic rings. The Morgan fingerprint density at radius 1 is 1.29 bits per heavy atom. The van der Waals surface area contributed by atoms with Crippen molar-refractivity contribution in [3.05, 3.63) is 29.8 Å². The summed E-state index contributed by atoms with van der Waals surface area (Å²) in [5.74, 6) is 1.04. The van der Waals surface area contributed by atoms with Gasteiger partial charge in [-0.05, 0) is 51.1 Å². The summed E-state index contributed by atoms with van der Waals surface area (Å²) in [6.45, 7) is 2.21. The van der Waals surface area contributed by atoms with Gasteiger partial charge in [-0.2, -0.15) is 0 Å². The van der Waals surface area contributed by atoms with Crippen LogP contribution in [-0.4, -0.2) is 31.1 Å². The van der Waals surface area contributed by atoms with Gasteiger partial charge in [0.05, 0.1) is 0 Å². The number of benzene rings is 1. The van der Waals surface area contributed by atoms with E-state index in [-0.39, 0.29) is 0 Å². The molecule has 0 aromatic heterocycles. The van der Waals surface area contributed by atoms with Gasteiger partial charge in [-0.15, -0.1) is 0 Å². The van der Waals surface area contributed by atoms with Gasteiger partial charge >= 0.3 is 0 Å². The van der Waals surface area contributed by atoms with Gasteiger partial charge in [0.1, 0.15) is 11.9 Å². The van der Waals surface area contributed by atoms with Gasteiger partial charge in [0, 0.05) is 6.04 Å². The van der Waals surface area contributed by atoms with Gasteiger partial charge in [-0.3, -0.25) is 0 Å². The molecule has 0 spiro atoms. The zero-order valence-electron chi connectivity index (χ0n) is 11.1. The molecule has 2 rings (SSSR count). The predicted octanol–water partition coefficient (Wildman–Crippen LogP) is 3.11. The minimum Gasteiger partial charge on any atom is -0.490 e. The molecule has 0 unspecified atom stereocenters. The molecule has 2 nitrogen and oxygen atoms in total. The molecule has 17 heavy (non-hydrogen) atoms. The van der Waals surface area contributed by atoms with Crippen molar-refractivity contribution in [1.82, 2.24) is 4.90 Å². The highest BCUT2D eigenvalue weighted by Gasteiger charge is 2.32. The summed E-state index contributed by atoms with van der Waals surface area (Å²) in [4.78, 5) is 2.29. The monoisotopic (exact) mass is 233 g/mol. The van der Waals surface area contributed by atoms with E-state index in [1.165, 1.54) is 12.0 Å². The third-order valence-corrected chi connectivity index (χ3v) is 3.54. The molecule has 1 aromatic carbocycles. The highest BCUT2D eigenvalue weighted by molar-refractivity contribution is 5.29. The Kier molecular flexibility index (Phi) is 4.06. The van der Waals surface area contributed by atoms with E-state index in [0.717, 1.165) is 25.0 Å². The summed E-state index contributed by atoms with van der Waals surface area (Å²) < 4.78 is 5.99. The average Bonchev–Trinajstić information content (AvgIpc) is 2.23. The van der Waals surface area contributed by atoms with Crippen molar-refractivity contribution in [2.24, 2.45) is 0 Å². The fourth-order valence-corrected chi connectivity index (χ4v) is 2.31. The molecule has 1 saturated carbocycles. The second-order valence-corrected chi connectivity index (χ2v) is 5.23. The average molecular weight is 233 g/mol. The molecule has 0 atom stereocenters. The minimum absolute atomic E-state index is 0.416. The lowest BCUT2D eigenvalue weighted by Crippen LogP contribution is -2.46. The van der Waals surface area contributed by atoms with Crippen molar-refractivity contribution in [3.8, 4) is 5.75 Å². The summed E-state index contributed by atoms with van der Waals surface area (Å²) in [6, 6.07) is 9.25. The summed E-state index contributed by atoms with van der Waals surface area (Å²) >= 11 is 0. The van der Waals surface area contributed by atoms with Crippen LogP contribution in [0.5, 0.6) is 5.75 Å². The first kappa shape index (κ1) is 12.4. The van der Waals surface area contributed by atoms with E-state index >= 15 is 0 Å². The summed E-state index contributed by atoms with van der Waals surface area (Å²) in [5.41, 5.74) is 1.38. The highest BCUT2D eigenvalue weighted by atomic mass is 16.5. The number of nitrogens with zero attached hydrogens (tertiary/aromatic N) is 1. The summed E-state index contributed by atoms with van der Waals surface area (Å²) in [6.07, 6.45) is 5.06. The van der Waals surface area contributed by atoms with Crippen LogP contribution in [0.2, 0.25) is 0 Å². The van der Waals surface area contributed by atoms with Crippen LogP contribution in [0.1, 0.15) is 31.7 Å². The zero-order valence-corrected chi connectivity index (χ0v) is 11.1. The first-order valence-electron chi connectivity index (χ1n) is 6.61. The van der Waals surface area contributed by atoms with Gasteiger partial charge in [-0.1, -0.05) is 25.5 Å². The molecular weight excluding hydrogens is 210 g/mol. The lowest BCUT2D eigenvalue weighted by atomic mass is 9.88. The number of hydrogen-bond donors (Lipinski definition) is 0. The lowest BCUT2D eigenvalue weighted by Gasteiger charge is -2.39. The Morgan fingerprint density at radius 2 is 2.06 bits per heavy atom. The molecule has 0 bridgehead atoms. The van der Waals surface area contributed by atoms with Crippen LogP contribution in [0.4, 0.5) is 0 Å². The standard InChI is InChI=1S/C15H23NO/c1-4-6-12-7-5-8-14(9-12)17-15-10-13(11-15)16(2)3/h5,7-9,13,15H,4,6,10-11H2,1-3H3. The molecule has 0 heterocycles. The van der Waals surface area contributed by atoms with Gasteiger partial charge in [0.15, 0.2) is 0 Å². The maximum absolute atomic E-state index is 5.99. The van der Waals surface area contributed by atoms with Crippen LogP contribution >= 0.6 is 0 Å². The van der Waals surface area contributed by atoms with Crippen LogP contribution in [0, 0.1) is 0 Å². The van der Waals surface area contributed by atoms with Gasteiger partial charge in [-0.25, -0.2) is 0 Å². The summed E-state index contributed by atoms with van der Waals surface area (Å²) in [5, 5.41) is 0. The Bertz CT molecular complexity index is 356. The number of hydrogen-bond acceptors (Lipinski definition) is 2. The fraction of sp³-hybridized carbons (Fsp3) is 0.600. The minimum atomic E-state index is 0.416. The maximum Gasteiger partial charge on any atom is 0.119 e. The SMILES string of the molecule is CCCc1cccc(OC2CC(N(C)C)C2)c1. The van der Waals surface area contributed by atoms with Crippen molar-refractivity contribution in [3.63, 3.8) is 0 Å². The van der Waals surface area contributed by atoms with Gasteiger partial charge < -0.3 is 9.64 Å². The Morgan fingerprint density at radius 3 is 2.71 bits per heavy atom. The molecule has 0 aliphatic heterocycles. The molecule has 94 valence electrons. The van der Waals surface area contributed by atoms with E-state index in [9.17, 15) is 0 Å². The van der Waals surface area contributed by atoms with Crippen LogP contribution in [0.3, 0.4) is 0 Å². The van der Waals surface area contributed by atoms with E-state index in [1.807, 2.05) is 0 Å². The number of rotatable bonds is 5. The number of aryl methyl sites for hydroxylation is 1. The topological polar surface area (TPSA) is 12.5 Å². The van der Waals surface area contributed by atoms with E-state index in [0.29, 0.717) is 12.1 Å². The predicted molar refractivity (Wildman–Crippen MR) is 71.6 cm³/mol.